The number of rotatable bonds is 5. The van der Waals surface area contributed by atoms with Gasteiger partial charge in [0.05, 0.1) is 5.69 Å². The molecule has 112 valence electrons. The third kappa shape index (κ3) is 2.86. The van der Waals surface area contributed by atoms with Crippen molar-refractivity contribution < 1.29 is 4.39 Å². The molecule has 0 spiro atoms. The highest BCUT2D eigenvalue weighted by molar-refractivity contribution is 5.68. The van der Waals surface area contributed by atoms with Crippen LogP contribution < -0.4 is 5.32 Å². The van der Waals surface area contributed by atoms with Crippen LogP contribution in [0.25, 0.3) is 11.1 Å². The van der Waals surface area contributed by atoms with Gasteiger partial charge in [-0.05, 0) is 45.2 Å². The van der Waals surface area contributed by atoms with Gasteiger partial charge in [-0.15, -0.1) is 0 Å². The number of aromatic nitrogens is 2. The highest BCUT2D eigenvalue weighted by Crippen LogP contribution is 2.28. The van der Waals surface area contributed by atoms with E-state index < -0.39 is 0 Å². The summed E-state index contributed by atoms with van der Waals surface area (Å²) in [6, 6.07) is 6.13. The van der Waals surface area contributed by atoms with E-state index in [9.17, 15) is 4.39 Å². The summed E-state index contributed by atoms with van der Waals surface area (Å²) in [5.74, 6) is -0.135. The zero-order valence-electron chi connectivity index (χ0n) is 12.9. The van der Waals surface area contributed by atoms with Gasteiger partial charge in [-0.1, -0.05) is 12.1 Å². The smallest absolute Gasteiger partial charge is 0.128 e. The second-order valence-corrected chi connectivity index (χ2v) is 5.82. The first-order chi connectivity index (χ1) is 10.1. The second kappa shape index (κ2) is 5.60. The molecule has 0 radical (unpaired) electrons. The third-order valence-corrected chi connectivity index (χ3v) is 4.18. The van der Waals surface area contributed by atoms with E-state index >= 15 is 0 Å². The standard InChI is InChI=1S/C17H22FN3/c1-4-21-12(3)17(11(2)20-21)13-5-6-14(16(18)9-13)10-19-15-7-8-15/h5-6,9,15,19H,4,7-8,10H2,1-3H3. The van der Waals surface area contributed by atoms with Crippen molar-refractivity contribution in [1.82, 2.24) is 15.1 Å². The zero-order valence-corrected chi connectivity index (χ0v) is 12.9. The maximum absolute atomic E-state index is 14.3. The Morgan fingerprint density at radius 3 is 2.67 bits per heavy atom. The Morgan fingerprint density at radius 1 is 1.33 bits per heavy atom. The minimum atomic E-state index is -0.135. The maximum Gasteiger partial charge on any atom is 0.128 e. The fourth-order valence-electron chi connectivity index (χ4n) is 2.81. The van der Waals surface area contributed by atoms with Crippen molar-refractivity contribution in [2.24, 2.45) is 0 Å². The summed E-state index contributed by atoms with van der Waals surface area (Å²) in [5.41, 5.74) is 4.76. The summed E-state index contributed by atoms with van der Waals surface area (Å²) in [4.78, 5) is 0. The lowest BCUT2D eigenvalue weighted by Gasteiger charge is -2.08. The summed E-state index contributed by atoms with van der Waals surface area (Å²) in [5, 5.41) is 7.86. The SMILES string of the molecule is CCn1nc(C)c(-c2ccc(CNC3CC3)c(F)c2)c1C. The predicted octanol–water partition coefficient (Wildman–Crippen LogP) is 3.58. The summed E-state index contributed by atoms with van der Waals surface area (Å²) in [7, 11) is 0. The minimum absolute atomic E-state index is 0.135. The molecule has 0 saturated heterocycles. The third-order valence-electron chi connectivity index (χ3n) is 4.18. The van der Waals surface area contributed by atoms with Crippen LogP contribution in [0, 0.1) is 19.7 Å². The topological polar surface area (TPSA) is 29.9 Å². The van der Waals surface area contributed by atoms with E-state index in [2.05, 4.69) is 17.3 Å². The quantitative estimate of drug-likeness (QED) is 0.911. The molecule has 3 nitrogen and oxygen atoms in total. The van der Waals surface area contributed by atoms with E-state index in [4.69, 9.17) is 0 Å². The normalized spacial score (nSPS) is 14.7. The summed E-state index contributed by atoms with van der Waals surface area (Å²) >= 11 is 0. The summed E-state index contributed by atoms with van der Waals surface area (Å²) in [6.45, 7) is 7.53. The van der Waals surface area contributed by atoms with Gasteiger partial charge < -0.3 is 5.32 Å². The molecule has 4 heteroatoms. The lowest BCUT2D eigenvalue weighted by molar-refractivity contribution is 0.587. The van der Waals surface area contributed by atoms with Crippen LogP contribution in [0.5, 0.6) is 0 Å². The van der Waals surface area contributed by atoms with E-state index in [0.717, 1.165) is 34.6 Å². The zero-order chi connectivity index (χ0) is 15.0. The van der Waals surface area contributed by atoms with Gasteiger partial charge in [-0.25, -0.2) is 4.39 Å². The van der Waals surface area contributed by atoms with Crippen LogP contribution in [-0.2, 0) is 13.1 Å². The first-order valence-corrected chi connectivity index (χ1v) is 7.66. The van der Waals surface area contributed by atoms with E-state index in [0.29, 0.717) is 12.6 Å². The number of nitrogens with zero attached hydrogens (tertiary/aromatic N) is 2. The molecule has 0 bridgehead atoms. The Kier molecular flexibility index (Phi) is 3.81. The monoisotopic (exact) mass is 287 g/mol. The fraction of sp³-hybridized carbons (Fsp3) is 0.471. The van der Waals surface area contributed by atoms with Crippen molar-refractivity contribution >= 4 is 0 Å². The van der Waals surface area contributed by atoms with Crippen LogP contribution in [0.2, 0.25) is 0 Å². The van der Waals surface area contributed by atoms with Crippen molar-refractivity contribution in [3.05, 3.63) is 41.0 Å². The number of hydrogen-bond acceptors (Lipinski definition) is 2. The van der Waals surface area contributed by atoms with Gasteiger partial charge >= 0.3 is 0 Å². The van der Waals surface area contributed by atoms with Crippen LogP contribution in [0.4, 0.5) is 4.39 Å². The maximum atomic E-state index is 14.3. The van der Waals surface area contributed by atoms with Crippen LogP contribution >= 0.6 is 0 Å². The predicted molar refractivity (Wildman–Crippen MR) is 82.6 cm³/mol. The Hall–Kier alpha value is -1.68. The van der Waals surface area contributed by atoms with Crippen LogP contribution in [0.15, 0.2) is 18.2 Å². The Labute approximate surface area is 125 Å². The van der Waals surface area contributed by atoms with E-state index in [-0.39, 0.29) is 5.82 Å². The van der Waals surface area contributed by atoms with Gasteiger partial charge in [0.15, 0.2) is 0 Å². The molecule has 1 saturated carbocycles. The Balaban J connectivity index is 1.88. The van der Waals surface area contributed by atoms with Crippen molar-refractivity contribution in [3.63, 3.8) is 0 Å². The molecule has 3 rings (SSSR count). The van der Waals surface area contributed by atoms with Crippen LogP contribution in [0.1, 0.15) is 36.7 Å². The molecule has 1 aromatic heterocycles. The molecule has 1 aliphatic rings. The van der Waals surface area contributed by atoms with Gasteiger partial charge in [-0.3, -0.25) is 4.68 Å². The molecule has 1 aliphatic carbocycles. The molecule has 1 N–H and O–H groups in total. The summed E-state index contributed by atoms with van der Waals surface area (Å²) < 4.78 is 16.3. The minimum Gasteiger partial charge on any atom is -0.310 e. The van der Waals surface area contributed by atoms with Crippen molar-refractivity contribution in [2.75, 3.05) is 0 Å². The highest BCUT2D eigenvalue weighted by Gasteiger charge is 2.21. The Bertz CT molecular complexity index is 656. The van der Waals surface area contributed by atoms with Gasteiger partial charge in [0.2, 0.25) is 0 Å². The average molecular weight is 287 g/mol. The number of hydrogen-bond donors (Lipinski definition) is 1. The van der Waals surface area contributed by atoms with E-state index in [1.807, 2.05) is 30.7 Å². The molecular formula is C17H22FN3. The highest BCUT2D eigenvalue weighted by atomic mass is 19.1. The van der Waals surface area contributed by atoms with Crippen LogP contribution in [0.3, 0.4) is 0 Å². The van der Waals surface area contributed by atoms with Crippen molar-refractivity contribution in [2.45, 2.75) is 52.7 Å². The fourth-order valence-corrected chi connectivity index (χ4v) is 2.81. The first-order valence-electron chi connectivity index (χ1n) is 7.66. The molecular weight excluding hydrogens is 265 g/mol. The molecule has 1 heterocycles. The molecule has 0 atom stereocenters. The van der Waals surface area contributed by atoms with E-state index in [1.165, 1.54) is 12.8 Å². The van der Waals surface area contributed by atoms with Crippen LogP contribution in [-0.4, -0.2) is 15.8 Å². The van der Waals surface area contributed by atoms with Crippen molar-refractivity contribution in [1.29, 1.82) is 0 Å². The molecule has 0 aliphatic heterocycles. The first kappa shape index (κ1) is 14.3. The number of benzene rings is 1. The molecule has 1 fully saturated rings. The lowest BCUT2D eigenvalue weighted by atomic mass is 10.0. The Morgan fingerprint density at radius 2 is 2.10 bits per heavy atom. The van der Waals surface area contributed by atoms with Gasteiger partial charge in [-0.2, -0.15) is 5.10 Å². The largest absolute Gasteiger partial charge is 0.310 e. The lowest BCUT2D eigenvalue weighted by Crippen LogP contribution is -2.16. The van der Waals surface area contributed by atoms with Gasteiger partial charge in [0, 0.05) is 36.0 Å². The number of aryl methyl sites for hydroxylation is 2. The number of halogens is 1. The van der Waals surface area contributed by atoms with Crippen molar-refractivity contribution in [3.8, 4) is 11.1 Å². The molecule has 2 aromatic rings. The van der Waals surface area contributed by atoms with Gasteiger partial charge in [0.25, 0.3) is 0 Å². The molecule has 21 heavy (non-hydrogen) atoms. The van der Waals surface area contributed by atoms with E-state index in [1.54, 1.807) is 6.07 Å². The molecule has 1 aromatic carbocycles. The number of nitrogens with one attached hydrogen (secondary N) is 1. The van der Waals surface area contributed by atoms with Gasteiger partial charge in [0.1, 0.15) is 5.82 Å². The second-order valence-electron chi connectivity index (χ2n) is 5.82. The molecule has 0 unspecified atom stereocenters. The molecule has 0 amide bonds. The average Bonchev–Trinajstić information content (AvgIpc) is 3.23. The summed E-state index contributed by atoms with van der Waals surface area (Å²) in [6.07, 6.45) is 2.43.